The Labute approximate surface area is 163 Å². The van der Waals surface area contributed by atoms with E-state index in [-0.39, 0.29) is 24.5 Å². The Morgan fingerprint density at radius 1 is 1.32 bits per heavy atom. The number of rotatable bonds is 6. The first-order valence-corrected chi connectivity index (χ1v) is 9.33. The summed E-state index contributed by atoms with van der Waals surface area (Å²) in [6, 6.07) is 3.52. The number of amides is 1. The van der Waals surface area contributed by atoms with Crippen LogP contribution < -0.4 is 0 Å². The summed E-state index contributed by atoms with van der Waals surface area (Å²) in [7, 11) is 5.77. The van der Waals surface area contributed by atoms with E-state index in [9.17, 15) is 13.6 Å². The maximum Gasteiger partial charge on any atom is 0.223 e. The monoisotopic (exact) mass is 392 g/mol. The fourth-order valence-electron chi connectivity index (χ4n) is 3.60. The molecule has 2 heterocycles. The highest BCUT2D eigenvalue weighted by molar-refractivity contribution is 5.77. The van der Waals surface area contributed by atoms with E-state index in [0.29, 0.717) is 31.7 Å². The van der Waals surface area contributed by atoms with Crippen LogP contribution in [0.2, 0.25) is 0 Å². The van der Waals surface area contributed by atoms with Crippen molar-refractivity contribution in [3.05, 3.63) is 53.4 Å². The summed E-state index contributed by atoms with van der Waals surface area (Å²) < 4.78 is 34.2. The fraction of sp³-hybridized carbons (Fsp3) is 0.500. The van der Waals surface area contributed by atoms with Crippen molar-refractivity contribution in [1.29, 1.82) is 0 Å². The van der Waals surface area contributed by atoms with Crippen molar-refractivity contribution in [3.8, 4) is 0 Å². The van der Waals surface area contributed by atoms with Crippen LogP contribution in [0.3, 0.4) is 0 Å². The molecule has 8 heteroatoms. The molecule has 2 atom stereocenters. The second-order valence-electron chi connectivity index (χ2n) is 7.40. The van der Waals surface area contributed by atoms with E-state index < -0.39 is 11.6 Å². The molecular formula is C20H26F2N4O2. The Bertz CT molecular complexity index is 824. The summed E-state index contributed by atoms with van der Waals surface area (Å²) in [5.41, 5.74) is 1.53. The lowest BCUT2D eigenvalue weighted by molar-refractivity contribution is -0.148. The summed E-state index contributed by atoms with van der Waals surface area (Å²) in [6.45, 7) is 1.62. The smallest absolute Gasteiger partial charge is 0.223 e. The molecule has 1 aromatic heterocycles. The summed E-state index contributed by atoms with van der Waals surface area (Å²) >= 11 is 0. The van der Waals surface area contributed by atoms with Crippen molar-refractivity contribution in [2.75, 3.05) is 33.8 Å². The molecule has 1 saturated heterocycles. The number of benzene rings is 1. The first-order valence-electron chi connectivity index (χ1n) is 9.33. The summed E-state index contributed by atoms with van der Waals surface area (Å²) in [5.74, 6) is -1.81. The van der Waals surface area contributed by atoms with Crippen LogP contribution in [0.5, 0.6) is 0 Å². The van der Waals surface area contributed by atoms with E-state index in [1.165, 1.54) is 6.07 Å². The number of aromatic nitrogens is 2. The van der Waals surface area contributed by atoms with Gasteiger partial charge < -0.3 is 14.5 Å². The van der Waals surface area contributed by atoms with E-state index in [2.05, 4.69) is 5.10 Å². The predicted octanol–water partition coefficient (Wildman–Crippen LogP) is 2.16. The lowest BCUT2D eigenvalue weighted by Crippen LogP contribution is -2.51. The van der Waals surface area contributed by atoms with Crippen molar-refractivity contribution >= 4 is 5.91 Å². The van der Waals surface area contributed by atoms with Gasteiger partial charge in [0.2, 0.25) is 5.91 Å². The molecule has 0 aliphatic carbocycles. The van der Waals surface area contributed by atoms with E-state index >= 15 is 0 Å². The zero-order chi connectivity index (χ0) is 20.3. The molecule has 0 radical (unpaired) electrons. The molecule has 1 aliphatic heterocycles. The van der Waals surface area contributed by atoms with Gasteiger partial charge in [-0.1, -0.05) is 6.07 Å². The molecule has 3 rings (SSSR count). The SMILES string of the molecule is CN(C)C[C@@H]1OCCN(C(=O)CCc2ccc(F)c(F)c2)[C@H]1c1cnn(C)c1. The number of nitrogens with zero attached hydrogens (tertiary/aromatic N) is 4. The van der Waals surface area contributed by atoms with Crippen LogP contribution in [0.4, 0.5) is 8.78 Å². The fourth-order valence-corrected chi connectivity index (χ4v) is 3.60. The number of halogens is 2. The van der Waals surface area contributed by atoms with Gasteiger partial charge in [-0.3, -0.25) is 9.48 Å². The Hall–Kier alpha value is -2.32. The number of hydrogen-bond donors (Lipinski definition) is 0. The summed E-state index contributed by atoms with van der Waals surface area (Å²) in [5, 5.41) is 4.24. The number of morpholine rings is 1. The normalized spacial score (nSPS) is 20.0. The quantitative estimate of drug-likeness (QED) is 0.756. The van der Waals surface area contributed by atoms with Gasteiger partial charge in [0, 0.05) is 38.3 Å². The third kappa shape index (κ3) is 4.74. The first-order chi connectivity index (χ1) is 13.3. The van der Waals surface area contributed by atoms with Gasteiger partial charge in [0.25, 0.3) is 0 Å². The van der Waals surface area contributed by atoms with Crippen LogP contribution in [-0.2, 0) is 23.0 Å². The van der Waals surface area contributed by atoms with Crippen molar-refractivity contribution in [2.45, 2.75) is 25.0 Å². The maximum atomic E-state index is 13.4. The summed E-state index contributed by atoms with van der Waals surface area (Å²) in [4.78, 5) is 16.9. The molecule has 1 aromatic carbocycles. The van der Waals surface area contributed by atoms with Crippen molar-refractivity contribution in [3.63, 3.8) is 0 Å². The Kier molecular flexibility index (Phi) is 6.41. The minimum Gasteiger partial charge on any atom is -0.373 e. The maximum absolute atomic E-state index is 13.4. The van der Waals surface area contributed by atoms with Crippen molar-refractivity contribution in [2.24, 2.45) is 7.05 Å². The zero-order valence-electron chi connectivity index (χ0n) is 16.4. The molecule has 0 saturated carbocycles. The van der Waals surface area contributed by atoms with Crippen molar-refractivity contribution < 1.29 is 18.3 Å². The third-order valence-electron chi connectivity index (χ3n) is 4.90. The van der Waals surface area contributed by atoms with Crippen LogP contribution in [0, 0.1) is 11.6 Å². The molecule has 28 heavy (non-hydrogen) atoms. The number of likely N-dealkylation sites (N-methyl/N-ethyl adjacent to an activating group) is 1. The molecular weight excluding hydrogens is 366 g/mol. The lowest BCUT2D eigenvalue weighted by Gasteiger charge is -2.42. The Morgan fingerprint density at radius 3 is 2.75 bits per heavy atom. The zero-order valence-corrected chi connectivity index (χ0v) is 16.4. The molecule has 6 nitrogen and oxygen atoms in total. The van der Waals surface area contributed by atoms with Crippen LogP contribution in [0.25, 0.3) is 0 Å². The van der Waals surface area contributed by atoms with Crippen molar-refractivity contribution in [1.82, 2.24) is 19.6 Å². The van der Waals surface area contributed by atoms with Gasteiger partial charge in [0.05, 0.1) is 24.9 Å². The van der Waals surface area contributed by atoms with Crippen LogP contribution >= 0.6 is 0 Å². The van der Waals surface area contributed by atoms with E-state index in [0.717, 1.165) is 17.7 Å². The van der Waals surface area contributed by atoms with E-state index in [1.54, 1.807) is 10.9 Å². The Balaban J connectivity index is 1.76. The molecule has 1 aliphatic rings. The predicted molar refractivity (Wildman–Crippen MR) is 101 cm³/mol. The molecule has 0 bridgehead atoms. The van der Waals surface area contributed by atoms with Gasteiger partial charge in [0.1, 0.15) is 0 Å². The average molecular weight is 392 g/mol. The van der Waals surface area contributed by atoms with Gasteiger partial charge >= 0.3 is 0 Å². The lowest BCUT2D eigenvalue weighted by atomic mass is 9.99. The minimum absolute atomic E-state index is 0.0364. The van der Waals surface area contributed by atoms with E-state index in [4.69, 9.17) is 4.74 Å². The topological polar surface area (TPSA) is 50.6 Å². The largest absolute Gasteiger partial charge is 0.373 e. The van der Waals surface area contributed by atoms with Gasteiger partial charge in [-0.15, -0.1) is 0 Å². The second kappa shape index (κ2) is 8.79. The highest BCUT2D eigenvalue weighted by Gasteiger charge is 2.37. The third-order valence-corrected chi connectivity index (χ3v) is 4.90. The molecule has 0 unspecified atom stereocenters. The molecule has 2 aromatic rings. The average Bonchev–Trinajstić information content (AvgIpc) is 3.07. The molecule has 1 amide bonds. The van der Waals surface area contributed by atoms with Crippen LogP contribution in [0.1, 0.15) is 23.6 Å². The first kappa shape index (κ1) is 20.4. The van der Waals surface area contributed by atoms with Gasteiger partial charge in [0.15, 0.2) is 11.6 Å². The Morgan fingerprint density at radius 2 is 2.11 bits per heavy atom. The van der Waals surface area contributed by atoms with Gasteiger partial charge in [-0.2, -0.15) is 5.10 Å². The van der Waals surface area contributed by atoms with E-state index in [1.807, 2.05) is 37.1 Å². The molecule has 0 N–H and O–H groups in total. The summed E-state index contributed by atoms with van der Waals surface area (Å²) in [6.07, 6.45) is 4.07. The number of hydrogen-bond acceptors (Lipinski definition) is 4. The highest BCUT2D eigenvalue weighted by Crippen LogP contribution is 2.30. The molecule has 152 valence electrons. The standard InChI is InChI=1S/C20H26F2N4O2/c1-24(2)13-18-20(15-11-23-25(3)12-15)26(8-9-28-18)19(27)7-5-14-4-6-16(21)17(22)10-14/h4,6,10-12,18,20H,5,7-9,13H2,1-3H3/t18-,20-/m0/s1. The number of ether oxygens (including phenoxy) is 1. The van der Waals surface area contributed by atoms with Gasteiger partial charge in [-0.25, -0.2) is 8.78 Å². The van der Waals surface area contributed by atoms with Gasteiger partial charge in [-0.05, 0) is 38.2 Å². The minimum atomic E-state index is -0.893. The highest BCUT2D eigenvalue weighted by atomic mass is 19.2. The van der Waals surface area contributed by atoms with Crippen LogP contribution in [0.15, 0.2) is 30.6 Å². The number of carbonyl (C=O) groups is 1. The molecule has 1 fully saturated rings. The number of carbonyl (C=O) groups excluding carboxylic acids is 1. The molecule has 0 spiro atoms. The number of aryl methyl sites for hydroxylation is 2. The second-order valence-corrected chi connectivity index (χ2v) is 7.40. The van der Waals surface area contributed by atoms with Crippen LogP contribution in [-0.4, -0.2) is 65.4 Å².